The molecule has 3 unspecified atom stereocenters. The Morgan fingerprint density at radius 3 is 2.00 bits per heavy atom. The molecule has 0 bridgehead atoms. The minimum atomic E-state index is -1.33. The van der Waals surface area contributed by atoms with Crippen molar-refractivity contribution < 1.29 is 9.32 Å². The number of aliphatic hydroxyl groups is 1. The summed E-state index contributed by atoms with van der Waals surface area (Å²) in [6.07, 6.45) is -0.247. The first-order valence-corrected chi connectivity index (χ1v) is 11.0. The Hall–Kier alpha value is -1.88. The summed E-state index contributed by atoms with van der Waals surface area (Å²) in [4.78, 5) is 1.76. The van der Waals surface area contributed by atoms with Gasteiger partial charge in [-0.2, -0.15) is 0 Å². The van der Waals surface area contributed by atoms with Crippen molar-refractivity contribution in [2.75, 3.05) is 0 Å². The number of hydrogen-bond acceptors (Lipinski definition) is 3. The first-order chi connectivity index (χ1) is 13.0. The summed E-state index contributed by atoms with van der Waals surface area (Å²) in [5.74, 6) is 0. The van der Waals surface area contributed by atoms with Gasteiger partial charge in [0.25, 0.3) is 0 Å². The second-order valence-electron chi connectivity index (χ2n) is 6.67. The van der Waals surface area contributed by atoms with E-state index in [4.69, 9.17) is 0 Å². The molecule has 2 nitrogen and oxygen atoms in total. The average Bonchev–Trinajstić information content (AvgIpc) is 2.68. The van der Waals surface area contributed by atoms with E-state index in [9.17, 15) is 9.32 Å². The molecule has 0 saturated carbocycles. The zero-order valence-electron chi connectivity index (χ0n) is 15.5. The molecule has 0 radical (unpaired) electrons. The number of aryl methyl sites for hydroxylation is 2. The van der Waals surface area contributed by atoms with Crippen molar-refractivity contribution in [3.05, 3.63) is 95.6 Å². The fourth-order valence-corrected chi connectivity index (χ4v) is 5.66. The van der Waals surface area contributed by atoms with Crippen LogP contribution in [0.5, 0.6) is 0 Å². The molecular weight excluding hydrogens is 372 g/mol. The van der Waals surface area contributed by atoms with E-state index in [1.54, 1.807) is 0 Å². The van der Waals surface area contributed by atoms with Crippen LogP contribution in [0.1, 0.15) is 16.7 Å². The Balaban J connectivity index is 1.86. The molecule has 27 heavy (non-hydrogen) atoms. The minimum Gasteiger partial charge on any atom is -0.391 e. The van der Waals surface area contributed by atoms with Crippen LogP contribution in [0, 0.1) is 13.8 Å². The number of thioether (sulfide) groups is 1. The molecule has 0 amide bonds. The number of hydrogen-bond donors (Lipinski definition) is 1. The molecule has 0 aliphatic carbocycles. The van der Waals surface area contributed by atoms with Gasteiger partial charge in [0.1, 0.15) is 4.58 Å². The molecule has 1 N–H and O–H groups in total. The van der Waals surface area contributed by atoms with Crippen LogP contribution < -0.4 is 0 Å². The van der Waals surface area contributed by atoms with Gasteiger partial charge in [-0.25, -0.2) is 0 Å². The van der Waals surface area contributed by atoms with Gasteiger partial charge >= 0.3 is 0 Å². The van der Waals surface area contributed by atoms with Gasteiger partial charge in [0.2, 0.25) is 0 Å². The quantitative estimate of drug-likeness (QED) is 0.562. The van der Waals surface area contributed by atoms with Crippen LogP contribution >= 0.6 is 11.8 Å². The highest BCUT2D eigenvalue weighted by molar-refractivity contribution is 8.11. The lowest BCUT2D eigenvalue weighted by Gasteiger charge is -2.22. The number of benzene rings is 3. The topological polar surface area (TPSA) is 37.3 Å². The standard InChI is InChI=1S/C23H24O2S2/c1-17-8-12-20(13-9-17)26-23(22(24)16-19-6-4-3-5-7-19)27(25)21-14-10-18(2)11-15-21/h3-15,22-24H,16H2,1-2H3. The molecule has 3 rings (SSSR count). The van der Waals surface area contributed by atoms with Crippen molar-refractivity contribution in [2.24, 2.45) is 0 Å². The fourth-order valence-electron chi connectivity index (χ4n) is 2.77. The maximum atomic E-state index is 13.3. The van der Waals surface area contributed by atoms with E-state index in [2.05, 4.69) is 0 Å². The Morgan fingerprint density at radius 2 is 1.41 bits per heavy atom. The average molecular weight is 397 g/mol. The number of aliphatic hydroxyl groups excluding tert-OH is 1. The van der Waals surface area contributed by atoms with Crippen molar-refractivity contribution in [1.29, 1.82) is 0 Å². The maximum Gasteiger partial charge on any atom is 0.116 e. The normalized spacial score (nSPS) is 14.5. The molecular formula is C23H24O2S2. The van der Waals surface area contributed by atoms with E-state index < -0.39 is 21.5 Å². The third-order valence-electron chi connectivity index (χ3n) is 4.34. The highest BCUT2D eigenvalue weighted by atomic mass is 32.2. The van der Waals surface area contributed by atoms with E-state index in [1.807, 2.05) is 92.7 Å². The number of rotatable bonds is 7. The summed E-state index contributed by atoms with van der Waals surface area (Å²) in [5, 5.41) is 11.0. The zero-order chi connectivity index (χ0) is 19.2. The van der Waals surface area contributed by atoms with Gasteiger partial charge in [-0.3, -0.25) is 4.21 Å². The Kier molecular flexibility index (Phi) is 6.89. The van der Waals surface area contributed by atoms with E-state index >= 15 is 0 Å². The lowest BCUT2D eigenvalue weighted by atomic mass is 10.1. The highest BCUT2D eigenvalue weighted by Gasteiger charge is 2.28. The first kappa shape index (κ1) is 19.9. The summed E-state index contributed by atoms with van der Waals surface area (Å²) in [6.45, 7) is 4.05. The van der Waals surface area contributed by atoms with Gasteiger partial charge < -0.3 is 5.11 Å². The molecule has 3 atom stereocenters. The molecule has 140 valence electrons. The van der Waals surface area contributed by atoms with Crippen LogP contribution in [0.25, 0.3) is 0 Å². The van der Waals surface area contributed by atoms with Gasteiger partial charge in [0.15, 0.2) is 0 Å². The van der Waals surface area contributed by atoms with Gasteiger partial charge in [-0.15, -0.1) is 11.8 Å². The van der Waals surface area contributed by atoms with E-state index in [0.717, 1.165) is 20.9 Å². The monoisotopic (exact) mass is 396 g/mol. The highest BCUT2D eigenvalue weighted by Crippen LogP contribution is 2.32. The van der Waals surface area contributed by atoms with Crippen molar-refractivity contribution >= 4 is 22.6 Å². The van der Waals surface area contributed by atoms with Crippen LogP contribution in [0.15, 0.2) is 88.7 Å². The van der Waals surface area contributed by atoms with Gasteiger partial charge in [0.05, 0.1) is 16.9 Å². The molecule has 4 heteroatoms. The summed E-state index contributed by atoms with van der Waals surface area (Å²) >= 11 is 1.48. The Bertz CT molecular complexity index is 875. The van der Waals surface area contributed by atoms with Crippen LogP contribution in [0.2, 0.25) is 0 Å². The Labute approximate surface area is 168 Å². The van der Waals surface area contributed by atoms with Crippen LogP contribution in [0.3, 0.4) is 0 Å². The van der Waals surface area contributed by atoms with Gasteiger partial charge in [0, 0.05) is 16.2 Å². The molecule has 0 aromatic heterocycles. The van der Waals surface area contributed by atoms with E-state index in [-0.39, 0.29) is 0 Å². The predicted octanol–water partition coefficient (Wildman–Crippen LogP) is 5.13. The summed E-state index contributed by atoms with van der Waals surface area (Å²) in [6, 6.07) is 25.7. The largest absolute Gasteiger partial charge is 0.391 e. The molecule has 0 aliphatic rings. The van der Waals surface area contributed by atoms with Crippen LogP contribution in [-0.2, 0) is 17.2 Å². The van der Waals surface area contributed by atoms with E-state index in [0.29, 0.717) is 6.42 Å². The van der Waals surface area contributed by atoms with E-state index in [1.165, 1.54) is 17.3 Å². The van der Waals surface area contributed by atoms with Gasteiger partial charge in [-0.05, 0) is 43.7 Å². The second kappa shape index (κ2) is 9.36. The lowest BCUT2D eigenvalue weighted by molar-refractivity contribution is 0.191. The Morgan fingerprint density at radius 1 is 0.852 bits per heavy atom. The molecule has 3 aromatic carbocycles. The third kappa shape index (κ3) is 5.55. The van der Waals surface area contributed by atoms with Crippen molar-refractivity contribution in [1.82, 2.24) is 0 Å². The maximum absolute atomic E-state index is 13.3. The van der Waals surface area contributed by atoms with Crippen molar-refractivity contribution in [2.45, 2.75) is 40.7 Å². The smallest absolute Gasteiger partial charge is 0.116 e. The molecule has 0 heterocycles. The van der Waals surface area contributed by atoms with Crippen molar-refractivity contribution in [3.63, 3.8) is 0 Å². The molecule has 0 fully saturated rings. The molecule has 0 spiro atoms. The molecule has 0 saturated heterocycles. The van der Waals surface area contributed by atoms with Gasteiger partial charge in [-0.1, -0.05) is 65.7 Å². The molecule has 0 aliphatic heterocycles. The predicted molar refractivity (Wildman–Crippen MR) is 115 cm³/mol. The fraction of sp³-hybridized carbons (Fsp3) is 0.217. The summed E-state index contributed by atoms with van der Waals surface area (Å²) in [7, 11) is -1.33. The lowest BCUT2D eigenvalue weighted by Crippen LogP contribution is -2.29. The third-order valence-corrected chi connectivity index (χ3v) is 7.72. The zero-order valence-corrected chi connectivity index (χ0v) is 17.2. The minimum absolute atomic E-state index is 0.449. The molecule has 3 aromatic rings. The SMILES string of the molecule is Cc1ccc(SC(C(O)Cc2ccccc2)S(=O)c2ccc(C)cc2)cc1. The van der Waals surface area contributed by atoms with Crippen LogP contribution in [-0.4, -0.2) is 20.0 Å². The van der Waals surface area contributed by atoms with Crippen molar-refractivity contribution in [3.8, 4) is 0 Å². The van der Waals surface area contributed by atoms with Crippen LogP contribution in [0.4, 0.5) is 0 Å². The second-order valence-corrected chi connectivity index (χ2v) is 9.75. The first-order valence-electron chi connectivity index (χ1n) is 8.95. The summed E-state index contributed by atoms with van der Waals surface area (Å²) in [5.41, 5.74) is 3.35. The summed E-state index contributed by atoms with van der Waals surface area (Å²) < 4.78 is 12.8.